The molecule has 1 aliphatic rings. The second-order valence-electron chi connectivity index (χ2n) is 4.98. The minimum atomic E-state index is -0.0129. The highest BCUT2D eigenvalue weighted by Gasteiger charge is 2.22. The fourth-order valence-electron chi connectivity index (χ4n) is 2.45. The number of benzene rings is 1. The summed E-state index contributed by atoms with van der Waals surface area (Å²) in [6.45, 7) is 3.90. The first-order chi connectivity index (χ1) is 10.3. The molecular formula is C17H17ClN2O. The Hall–Kier alpha value is -1.73. The van der Waals surface area contributed by atoms with Gasteiger partial charge < -0.3 is 9.73 Å². The molecule has 0 saturated carbocycles. The van der Waals surface area contributed by atoms with Crippen molar-refractivity contribution in [3.05, 3.63) is 59.0 Å². The summed E-state index contributed by atoms with van der Waals surface area (Å²) in [5, 5.41) is 4.07. The van der Waals surface area contributed by atoms with Crippen LogP contribution in [0.3, 0.4) is 0 Å². The molecule has 1 unspecified atom stereocenters. The zero-order valence-electron chi connectivity index (χ0n) is 11.7. The molecule has 108 valence electrons. The van der Waals surface area contributed by atoms with Crippen LogP contribution >= 0.6 is 11.6 Å². The zero-order valence-corrected chi connectivity index (χ0v) is 12.4. The third-order valence-corrected chi connectivity index (χ3v) is 3.74. The van der Waals surface area contributed by atoms with Crippen LogP contribution in [0.2, 0.25) is 5.02 Å². The van der Waals surface area contributed by atoms with E-state index in [1.165, 1.54) is 0 Å². The van der Waals surface area contributed by atoms with Crippen molar-refractivity contribution in [3.8, 4) is 11.8 Å². The van der Waals surface area contributed by atoms with E-state index in [1.807, 2.05) is 36.4 Å². The molecule has 0 aliphatic carbocycles. The van der Waals surface area contributed by atoms with Crippen LogP contribution in [0.5, 0.6) is 0 Å². The molecule has 0 bridgehead atoms. The van der Waals surface area contributed by atoms with Gasteiger partial charge in [0.15, 0.2) is 0 Å². The van der Waals surface area contributed by atoms with Gasteiger partial charge in [0.05, 0.1) is 6.26 Å². The smallest absolute Gasteiger partial charge is 0.133 e. The van der Waals surface area contributed by atoms with Gasteiger partial charge in [-0.05, 0) is 30.3 Å². The number of rotatable bonds is 2. The molecule has 4 heteroatoms. The average molecular weight is 301 g/mol. The summed E-state index contributed by atoms with van der Waals surface area (Å²) in [5.41, 5.74) is 0.925. The Bertz CT molecular complexity index is 636. The number of nitrogens with zero attached hydrogens (tertiary/aromatic N) is 1. The number of hydrogen-bond donors (Lipinski definition) is 1. The maximum absolute atomic E-state index is 6.00. The van der Waals surface area contributed by atoms with Gasteiger partial charge >= 0.3 is 0 Å². The van der Waals surface area contributed by atoms with Gasteiger partial charge in [-0.2, -0.15) is 0 Å². The quantitative estimate of drug-likeness (QED) is 0.865. The van der Waals surface area contributed by atoms with Crippen LogP contribution in [0, 0.1) is 11.8 Å². The van der Waals surface area contributed by atoms with Crippen molar-refractivity contribution in [3.63, 3.8) is 0 Å². The minimum absolute atomic E-state index is 0.0129. The van der Waals surface area contributed by atoms with E-state index < -0.39 is 0 Å². The molecule has 1 aromatic carbocycles. The summed E-state index contributed by atoms with van der Waals surface area (Å²) >= 11 is 6.00. The fraction of sp³-hybridized carbons (Fsp3) is 0.294. The summed E-state index contributed by atoms with van der Waals surface area (Å²) in [4.78, 5) is 2.34. The molecule has 1 aromatic heterocycles. The Morgan fingerprint density at radius 2 is 2.05 bits per heavy atom. The molecule has 3 rings (SSSR count). The number of piperazine rings is 1. The van der Waals surface area contributed by atoms with Crippen molar-refractivity contribution in [2.24, 2.45) is 0 Å². The first-order valence-corrected chi connectivity index (χ1v) is 7.46. The predicted octanol–water partition coefficient (Wildman–Crippen LogP) is 2.93. The minimum Gasteiger partial charge on any atom is -0.467 e. The lowest BCUT2D eigenvalue weighted by molar-refractivity contribution is 0.191. The fourth-order valence-corrected chi connectivity index (χ4v) is 2.64. The standard InChI is InChI=1S/C17H17ClN2O/c18-15-4-1-3-14(13-15)6-7-16(17-5-2-12-21-17)20-10-8-19-9-11-20/h1-5,12-13,16,19H,8-11H2. The van der Waals surface area contributed by atoms with E-state index in [4.69, 9.17) is 16.0 Å². The Morgan fingerprint density at radius 1 is 1.19 bits per heavy atom. The molecule has 2 heterocycles. The first-order valence-electron chi connectivity index (χ1n) is 7.08. The average Bonchev–Trinajstić information content (AvgIpc) is 3.03. The monoisotopic (exact) mass is 300 g/mol. The molecule has 1 fully saturated rings. The molecular weight excluding hydrogens is 284 g/mol. The second-order valence-corrected chi connectivity index (χ2v) is 5.42. The molecule has 0 amide bonds. The van der Waals surface area contributed by atoms with Crippen LogP contribution in [-0.4, -0.2) is 31.1 Å². The van der Waals surface area contributed by atoms with Gasteiger partial charge in [-0.1, -0.05) is 29.5 Å². The Labute approximate surface area is 129 Å². The van der Waals surface area contributed by atoms with Crippen LogP contribution < -0.4 is 5.32 Å². The topological polar surface area (TPSA) is 28.4 Å². The second kappa shape index (κ2) is 6.82. The summed E-state index contributed by atoms with van der Waals surface area (Å²) in [6.07, 6.45) is 1.70. The summed E-state index contributed by atoms with van der Waals surface area (Å²) in [5.74, 6) is 7.44. The summed E-state index contributed by atoms with van der Waals surface area (Å²) < 4.78 is 5.57. The van der Waals surface area contributed by atoms with E-state index in [0.29, 0.717) is 5.02 Å². The van der Waals surface area contributed by atoms with E-state index in [2.05, 4.69) is 22.1 Å². The predicted molar refractivity (Wildman–Crippen MR) is 84.2 cm³/mol. The van der Waals surface area contributed by atoms with E-state index in [1.54, 1.807) is 6.26 Å². The summed E-state index contributed by atoms with van der Waals surface area (Å²) in [6, 6.07) is 11.5. The van der Waals surface area contributed by atoms with Crippen molar-refractivity contribution in [1.29, 1.82) is 0 Å². The van der Waals surface area contributed by atoms with Gasteiger partial charge in [-0.15, -0.1) is 0 Å². The van der Waals surface area contributed by atoms with E-state index in [9.17, 15) is 0 Å². The van der Waals surface area contributed by atoms with Gasteiger partial charge in [-0.25, -0.2) is 0 Å². The Kier molecular flexibility index (Phi) is 4.62. The highest BCUT2D eigenvalue weighted by molar-refractivity contribution is 6.30. The molecule has 1 saturated heterocycles. The van der Waals surface area contributed by atoms with Crippen LogP contribution in [0.1, 0.15) is 17.4 Å². The number of hydrogen-bond acceptors (Lipinski definition) is 3. The van der Waals surface area contributed by atoms with Crippen LogP contribution in [0.25, 0.3) is 0 Å². The van der Waals surface area contributed by atoms with Gasteiger partial charge in [0, 0.05) is 36.8 Å². The Balaban J connectivity index is 1.86. The van der Waals surface area contributed by atoms with Gasteiger partial charge in [0.1, 0.15) is 11.8 Å². The SMILES string of the molecule is Clc1cccc(C#CC(c2ccco2)N2CCNCC2)c1. The number of furan rings is 1. The van der Waals surface area contributed by atoms with E-state index in [0.717, 1.165) is 37.5 Å². The van der Waals surface area contributed by atoms with Crippen LogP contribution in [0.4, 0.5) is 0 Å². The van der Waals surface area contributed by atoms with Crippen molar-refractivity contribution in [1.82, 2.24) is 10.2 Å². The van der Waals surface area contributed by atoms with Gasteiger partial charge in [0.2, 0.25) is 0 Å². The lowest BCUT2D eigenvalue weighted by Gasteiger charge is -2.30. The van der Waals surface area contributed by atoms with Crippen molar-refractivity contribution >= 4 is 11.6 Å². The third kappa shape index (κ3) is 3.68. The molecule has 1 aliphatic heterocycles. The number of nitrogens with one attached hydrogen (secondary N) is 1. The maximum Gasteiger partial charge on any atom is 0.133 e. The zero-order chi connectivity index (χ0) is 14.5. The normalized spacial score (nSPS) is 17.0. The van der Waals surface area contributed by atoms with E-state index in [-0.39, 0.29) is 6.04 Å². The molecule has 0 radical (unpaired) electrons. The molecule has 21 heavy (non-hydrogen) atoms. The lowest BCUT2D eigenvalue weighted by atomic mass is 10.1. The molecule has 0 spiro atoms. The van der Waals surface area contributed by atoms with Gasteiger partial charge in [0.25, 0.3) is 0 Å². The largest absolute Gasteiger partial charge is 0.467 e. The van der Waals surface area contributed by atoms with Crippen molar-refractivity contribution in [2.45, 2.75) is 6.04 Å². The first kappa shape index (κ1) is 14.2. The molecule has 1 atom stereocenters. The van der Waals surface area contributed by atoms with Crippen molar-refractivity contribution in [2.75, 3.05) is 26.2 Å². The molecule has 3 nitrogen and oxygen atoms in total. The Morgan fingerprint density at radius 3 is 2.76 bits per heavy atom. The molecule has 2 aromatic rings. The lowest BCUT2D eigenvalue weighted by Crippen LogP contribution is -2.44. The summed E-state index contributed by atoms with van der Waals surface area (Å²) in [7, 11) is 0. The van der Waals surface area contributed by atoms with Crippen LogP contribution in [-0.2, 0) is 0 Å². The highest BCUT2D eigenvalue weighted by atomic mass is 35.5. The maximum atomic E-state index is 6.00. The highest BCUT2D eigenvalue weighted by Crippen LogP contribution is 2.21. The number of halogens is 1. The van der Waals surface area contributed by atoms with E-state index >= 15 is 0 Å². The van der Waals surface area contributed by atoms with Gasteiger partial charge in [-0.3, -0.25) is 4.90 Å². The van der Waals surface area contributed by atoms with Crippen molar-refractivity contribution < 1.29 is 4.42 Å². The van der Waals surface area contributed by atoms with Crippen LogP contribution in [0.15, 0.2) is 47.1 Å². The molecule has 1 N–H and O–H groups in total. The third-order valence-electron chi connectivity index (χ3n) is 3.51.